The van der Waals surface area contributed by atoms with E-state index in [9.17, 15) is 14.4 Å². The van der Waals surface area contributed by atoms with Crippen LogP contribution in [0, 0.1) is 23.7 Å². The predicted octanol–water partition coefficient (Wildman–Crippen LogP) is 2.87. The Morgan fingerprint density at radius 3 is 1.66 bits per heavy atom. The Bertz CT molecular complexity index is 706. The van der Waals surface area contributed by atoms with Crippen molar-refractivity contribution in [1.82, 2.24) is 4.90 Å². The fourth-order valence-corrected chi connectivity index (χ4v) is 3.98. The quantitative estimate of drug-likeness (QED) is 0.408. The second-order valence-corrected chi connectivity index (χ2v) is 9.60. The Balaban J connectivity index is 0. The lowest BCUT2D eigenvalue weighted by molar-refractivity contribution is -0.193. The molecule has 200 valence electrons. The molecule has 4 atom stereocenters. The first-order valence-corrected chi connectivity index (χ1v) is 11.4. The number of methoxy groups -OCH3 is 2. The molecule has 1 aliphatic heterocycles. The summed E-state index contributed by atoms with van der Waals surface area (Å²) in [7, 11) is 2.85. The van der Waals surface area contributed by atoms with E-state index in [1.807, 2.05) is 27.7 Å². The minimum atomic E-state index is -0.515. The molecule has 0 spiro atoms. The molecule has 4 unspecified atom stereocenters. The van der Waals surface area contributed by atoms with Crippen LogP contribution >= 0.6 is 0 Å². The highest BCUT2D eigenvalue weighted by molar-refractivity contribution is 5.75. The van der Waals surface area contributed by atoms with Crippen LogP contribution < -0.4 is 0 Å². The maximum absolute atomic E-state index is 12.0. The van der Waals surface area contributed by atoms with Crippen LogP contribution in [-0.4, -0.2) is 68.1 Å². The number of carbonyl (C=O) groups excluding carboxylic acids is 7. The maximum atomic E-state index is 12.0. The average molecular weight is 502 g/mol. The Kier molecular flexibility index (Phi) is 17.9. The van der Waals surface area contributed by atoms with Gasteiger partial charge in [-0.05, 0) is 51.9 Å². The number of ether oxygens (including phenoxy) is 3. The van der Waals surface area contributed by atoms with Crippen molar-refractivity contribution in [3.63, 3.8) is 0 Å². The minimum absolute atomic E-state index is 0.0171. The normalized spacial score (nSPS) is 23.0. The number of esters is 2. The molecule has 1 amide bonds. The molecule has 0 bridgehead atoms. The van der Waals surface area contributed by atoms with Gasteiger partial charge in [-0.1, -0.05) is 26.7 Å². The van der Waals surface area contributed by atoms with Gasteiger partial charge in [0.1, 0.15) is 5.60 Å². The molecule has 0 N–H and O–H groups in total. The minimum Gasteiger partial charge on any atom is -0.469 e. The molecule has 0 aromatic heterocycles. The highest BCUT2D eigenvalue weighted by atomic mass is 16.6. The van der Waals surface area contributed by atoms with Crippen molar-refractivity contribution in [3.8, 4) is 0 Å². The molecule has 2 fully saturated rings. The smallest absolute Gasteiger partial charge is 0.410 e. The van der Waals surface area contributed by atoms with Crippen LogP contribution in [0.5, 0.6) is 0 Å². The molecule has 11 heteroatoms. The lowest BCUT2D eigenvalue weighted by Gasteiger charge is -2.36. The van der Waals surface area contributed by atoms with E-state index in [1.54, 1.807) is 4.90 Å². The summed E-state index contributed by atoms with van der Waals surface area (Å²) in [6.45, 7) is 10.7. The summed E-state index contributed by atoms with van der Waals surface area (Å²) < 4.78 is 14.8. The van der Waals surface area contributed by atoms with Gasteiger partial charge in [0.2, 0.25) is 0 Å². The van der Waals surface area contributed by atoms with E-state index in [1.165, 1.54) is 27.1 Å². The van der Waals surface area contributed by atoms with Crippen molar-refractivity contribution in [2.24, 2.45) is 23.7 Å². The number of nitrogens with zero attached hydrogens (tertiary/aromatic N) is 1. The third-order valence-corrected chi connectivity index (χ3v) is 5.32. The van der Waals surface area contributed by atoms with Gasteiger partial charge in [-0.25, -0.2) is 4.79 Å². The fraction of sp³-hybridized carbons (Fsp3) is 0.792. The van der Waals surface area contributed by atoms with Gasteiger partial charge in [0.15, 0.2) is 0 Å². The number of amides is 1. The standard InChI is InChI=1S/C13H23NO4.C9H16O2.2CO2/c1-9-6-10(11(15)17-5)8-14(7-9)12(16)18-13(2,3)4;1-7-4-3-5-8(6-7)9(10)11-2;2*2-1-3/h9-10H,6-8H2,1-5H3;7-8H,3-6H2,1-2H3;;. The second kappa shape index (κ2) is 18.3. The fourth-order valence-electron chi connectivity index (χ4n) is 3.98. The molecule has 1 saturated heterocycles. The topological polar surface area (TPSA) is 150 Å². The van der Waals surface area contributed by atoms with Crippen LogP contribution in [0.3, 0.4) is 0 Å². The average Bonchev–Trinajstić information content (AvgIpc) is 2.78. The van der Waals surface area contributed by atoms with Gasteiger partial charge in [-0.2, -0.15) is 19.2 Å². The lowest BCUT2D eigenvalue weighted by atomic mass is 9.82. The van der Waals surface area contributed by atoms with E-state index in [2.05, 4.69) is 6.92 Å². The highest BCUT2D eigenvalue weighted by Crippen LogP contribution is 2.29. The van der Waals surface area contributed by atoms with Crippen molar-refractivity contribution in [2.75, 3.05) is 27.3 Å². The van der Waals surface area contributed by atoms with Gasteiger partial charge >= 0.3 is 30.3 Å². The third kappa shape index (κ3) is 16.3. The molecule has 0 radical (unpaired) electrons. The number of hydrogen-bond donors (Lipinski definition) is 0. The zero-order chi connectivity index (χ0) is 27.6. The molecular formula is C24H39NO10. The van der Waals surface area contributed by atoms with Crippen molar-refractivity contribution in [1.29, 1.82) is 0 Å². The Morgan fingerprint density at radius 2 is 1.23 bits per heavy atom. The third-order valence-electron chi connectivity index (χ3n) is 5.32. The van der Waals surface area contributed by atoms with Crippen molar-refractivity contribution in [2.45, 2.75) is 72.3 Å². The molecule has 0 aromatic carbocycles. The van der Waals surface area contributed by atoms with E-state index >= 15 is 0 Å². The summed E-state index contributed by atoms with van der Waals surface area (Å²) in [6.07, 6.45) is 5.40. The molecule has 35 heavy (non-hydrogen) atoms. The summed E-state index contributed by atoms with van der Waals surface area (Å²) in [5.74, 6) is 0.643. The first kappa shape index (κ1) is 34.1. The second-order valence-electron chi connectivity index (χ2n) is 9.60. The van der Waals surface area contributed by atoms with Gasteiger partial charge in [0.05, 0.1) is 26.1 Å². The first-order chi connectivity index (χ1) is 16.3. The largest absolute Gasteiger partial charge is 0.469 e. The number of likely N-dealkylation sites (tertiary alicyclic amines) is 1. The molecule has 1 aliphatic carbocycles. The number of hydrogen-bond acceptors (Lipinski definition) is 10. The SMILES string of the molecule is COC(=O)C1CC(C)CN(C(=O)OC(C)(C)C)C1.COC(=O)C1CCCC(C)C1.O=C=O.O=C=O. The van der Waals surface area contributed by atoms with E-state index < -0.39 is 5.60 Å². The molecule has 1 heterocycles. The first-order valence-electron chi connectivity index (χ1n) is 11.4. The van der Waals surface area contributed by atoms with Gasteiger partial charge in [0, 0.05) is 13.1 Å². The summed E-state index contributed by atoms with van der Waals surface area (Å²) in [5, 5.41) is 0. The predicted molar refractivity (Wildman–Crippen MR) is 120 cm³/mol. The highest BCUT2D eigenvalue weighted by Gasteiger charge is 2.34. The number of piperidine rings is 1. The summed E-state index contributed by atoms with van der Waals surface area (Å²) in [5.41, 5.74) is -0.515. The monoisotopic (exact) mass is 501 g/mol. The van der Waals surface area contributed by atoms with Crippen LogP contribution in [0.25, 0.3) is 0 Å². The Hall–Kier alpha value is -3.03. The van der Waals surface area contributed by atoms with Crippen LogP contribution in [0.15, 0.2) is 0 Å². The van der Waals surface area contributed by atoms with Crippen LogP contribution in [-0.2, 0) is 43.0 Å². The Morgan fingerprint density at radius 1 is 0.771 bits per heavy atom. The van der Waals surface area contributed by atoms with Crippen LogP contribution in [0.1, 0.15) is 66.7 Å². The van der Waals surface area contributed by atoms with E-state index in [0.717, 1.165) is 19.3 Å². The van der Waals surface area contributed by atoms with E-state index in [-0.39, 0.29) is 48.1 Å². The number of carbonyl (C=O) groups is 3. The molecule has 1 saturated carbocycles. The molecule has 2 rings (SSSR count). The van der Waals surface area contributed by atoms with Gasteiger partial charge < -0.3 is 19.1 Å². The maximum Gasteiger partial charge on any atom is 0.410 e. The van der Waals surface area contributed by atoms with Crippen LogP contribution in [0.4, 0.5) is 4.79 Å². The van der Waals surface area contributed by atoms with Crippen molar-refractivity contribution in [3.05, 3.63) is 0 Å². The summed E-state index contributed by atoms with van der Waals surface area (Å²) in [6, 6.07) is 0. The summed E-state index contributed by atoms with van der Waals surface area (Å²) in [4.78, 5) is 68.7. The Labute approximate surface area is 206 Å². The lowest BCUT2D eigenvalue weighted by Crippen LogP contribution is -2.47. The van der Waals surface area contributed by atoms with E-state index in [0.29, 0.717) is 19.0 Å². The van der Waals surface area contributed by atoms with Crippen molar-refractivity contribution >= 4 is 30.3 Å². The molecular weight excluding hydrogens is 462 g/mol. The van der Waals surface area contributed by atoms with Gasteiger partial charge in [-0.3, -0.25) is 9.59 Å². The molecule has 11 nitrogen and oxygen atoms in total. The van der Waals surface area contributed by atoms with Crippen molar-refractivity contribution < 1.29 is 47.8 Å². The molecule has 2 aliphatic rings. The van der Waals surface area contributed by atoms with Crippen LogP contribution in [0.2, 0.25) is 0 Å². The zero-order valence-electron chi connectivity index (χ0n) is 21.8. The van der Waals surface area contributed by atoms with E-state index in [4.69, 9.17) is 33.4 Å². The van der Waals surface area contributed by atoms with Gasteiger partial charge in [0.25, 0.3) is 0 Å². The van der Waals surface area contributed by atoms with Gasteiger partial charge in [-0.15, -0.1) is 0 Å². The number of rotatable bonds is 2. The molecule has 0 aromatic rings. The summed E-state index contributed by atoms with van der Waals surface area (Å²) >= 11 is 0. The zero-order valence-corrected chi connectivity index (χ0v) is 21.8.